The van der Waals surface area contributed by atoms with E-state index in [4.69, 9.17) is 5.73 Å². The van der Waals surface area contributed by atoms with Crippen molar-refractivity contribution in [3.8, 4) is 0 Å². The molecule has 4 rings (SSSR count). The van der Waals surface area contributed by atoms with E-state index < -0.39 is 0 Å². The van der Waals surface area contributed by atoms with E-state index in [1.165, 1.54) is 29.0 Å². The third kappa shape index (κ3) is 1.86. The van der Waals surface area contributed by atoms with E-state index in [0.717, 1.165) is 18.1 Å². The van der Waals surface area contributed by atoms with Gasteiger partial charge >= 0.3 is 0 Å². The summed E-state index contributed by atoms with van der Waals surface area (Å²) in [7, 11) is 0. The first-order valence-electron chi connectivity index (χ1n) is 6.86. The number of nitrogen functional groups attached to an aromatic ring is 1. The fourth-order valence-corrected chi connectivity index (χ4v) is 4.50. The van der Waals surface area contributed by atoms with Gasteiger partial charge in [0.25, 0.3) is 0 Å². The Kier molecular flexibility index (Phi) is 2.60. The first-order valence-corrected chi connectivity index (χ1v) is 7.67. The minimum absolute atomic E-state index is 0.545. The number of benzene rings is 1. The van der Waals surface area contributed by atoms with Crippen molar-refractivity contribution in [2.75, 3.05) is 5.73 Å². The molecule has 2 aliphatic heterocycles. The van der Waals surface area contributed by atoms with Crippen molar-refractivity contribution in [1.29, 1.82) is 0 Å². The largest absolute Gasteiger partial charge is 0.375 e. The van der Waals surface area contributed by atoms with Gasteiger partial charge < -0.3 is 5.73 Å². The van der Waals surface area contributed by atoms with Gasteiger partial charge in [0.05, 0.1) is 5.69 Å². The number of fused-ring (bicyclic) bond motifs is 4. The topological polar surface area (TPSA) is 42.1 Å². The predicted octanol–water partition coefficient (Wildman–Crippen LogP) is 2.99. The molecule has 0 spiro atoms. The number of hydrogen-bond donors (Lipinski definition) is 1. The molecule has 4 heteroatoms. The molecule has 0 radical (unpaired) electrons. The van der Waals surface area contributed by atoms with Crippen LogP contribution in [-0.4, -0.2) is 15.9 Å². The molecule has 2 N–H and O–H groups in total. The number of anilines is 1. The molecule has 1 aromatic carbocycles. The number of rotatable bonds is 2. The highest BCUT2D eigenvalue weighted by Crippen LogP contribution is 2.46. The number of thiazole rings is 1. The first kappa shape index (κ1) is 11.4. The Morgan fingerprint density at radius 3 is 2.95 bits per heavy atom. The van der Waals surface area contributed by atoms with E-state index in [1.54, 1.807) is 11.3 Å². The van der Waals surface area contributed by atoms with Crippen LogP contribution in [0.1, 0.15) is 35.0 Å². The van der Waals surface area contributed by atoms with Gasteiger partial charge in [-0.1, -0.05) is 30.3 Å². The lowest BCUT2D eigenvalue weighted by molar-refractivity contribution is 0.170. The Bertz CT molecular complexity index is 593. The van der Waals surface area contributed by atoms with Crippen molar-refractivity contribution >= 4 is 16.5 Å². The smallest absolute Gasteiger partial charge is 0.180 e. The van der Waals surface area contributed by atoms with Gasteiger partial charge in [0.2, 0.25) is 0 Å². The molecule has 2 aromatic rings. The molecule has 3 heterocycles. The van der Waals surface area contributed by atoms with Gasteiger partial charge in [0.1, 0.15) is 0 Å². The second-order valence-electron chi connectivity index (χ2n) is 5.47. The standard InChI is InChI=1S/C15H17N3S/c16-15-17-12-8-11-6-7-13(14(12)19-15)18(11)9-10-4-2-1-3-5-10/h1-5,11,13H,6-9H2,(H2,16,17). The van der Waals surface area contributed by atoms with Gasteiger partial charge in [-0.2, -0.15) is 0 Å². The molecule has 1 fully saturated rings. The molecule has 2 aliphatic rings. The van der Waals surface area contributed by atoms with Crippen molar-refractivity contribution < 1.29 is 0 Å². The molecule has 0 saturated carbocycles. The third-order valence-corrected chi connectivity index (χ3v) is 5.35. The lowest BCUT2D eigenvalue weighted by atomic mass is 10.0. The second kappa shape index (κ2) is 4.32. The number of aromatic nitrogens is 1. The maximum atomic E-state index is 5.88. The van der Waals surface area contributed by atoms with Gasteiger partial charge in [-0.15, -0.1) is 11.3 Å². The summed E-state index contributed by atoms with van der Waals surface area (Å²) in [6, 6.07) is 12.0. The summed E-state index contributed by atoms with van der Waals surface area (Å²) in [5.41, 5.74) is 8.54. The Balaban J connectivity index is 1.65. The predicted molar refractivity (Wildman–Crippen MR) is 78.0 cm³/mol. The van der Waals surface area contributed by atoms with Gasteiger partial charge in [-0.3, -0.25) is 4.90 Å². The fourth-order valence-electron chi connectivity index (χ4n) is 3.48. The van der Waals surface area contributed by atoms with E-state index in [0.29, 0.717) is 12.1 Å². The van der Waals surface area contributed by atoms with Crippen LogP contribution in [-0.2, 0) is 13.0 Å². The quantitative estimate of drug-likeness (QED) is 0.913. The highest BCUT2D eigenvalue weighted by atomic mass is 32.1. The minimum atomic E-state index is 0.545. The zero-order chi connectivity index (χ0) is 12.8. The van der Waals surface area contributed by atoms with Crippen molar-refractivity contribution in [2.24, 2.45) is 0 Å². The molecule has 2 unspecified atom stereocenters. The van der Waals surface area contributed by atoms with Gasteiger partial charge in [-0.05, 0) is 18.4 Å². The summed E-state index contributed by atoms with van der Waals surface area (Å²) in [6.07, 6.45) is 3.62. The molecule has 19 heavy (non-hydrogen) atoms. The Hall–Kier alpha value is -1.39. The van der Waals surface area contributed by atoms with Gasteiger partial charge in [0, 0.05) is 29.9 Å². The van der Waals surface area contributed by atoms with Crippen LogP contribution >= 0.6 is 11.3 Å². The Morgan fingerprint density at radius 1 is 1.26 bits per heavy atom. The summed E-state index contributed by atoms with van der Waals surface area (Å²) >= 11 is 1.69. The molecule has 3 nitrogen and oxygen atoms in total. The summed E-state index contributed by atoms with van der Waals surface area (Å²) in [5, 5.41) is 0.734. The highest BCUT2D eigenvalue weighted by Gasteiger charge is 2.41. The Morgan fingerprint density at radius 2 is 2.11 bits per heavy atom. The molecule has 2 bridgehead atoms. The van der Waals surface area contributed by atoms with Crippen LogP contribution in [0.2, 0.25) is 0 Å². The summed E-state index contributed by atoms with van der Waals surface area (Å²) in [4.78, 5) is 8.57. The SMILES string of the molecule is Nc1nc2c(s1)C1CCC(C2)N1Cc1ccccc1. The average molecular weight is 271 g/mol. The van der Waals surface area contributed by atoms with Gasteiger partial charge in [0.15, 0.2) is 5.13 Å². The molecule has 0 amide bonds. The molecular weight excluding hydrogens is 254 g/mol. The minimum Gasteiger partial charge on any atom is -0.375 e. The zero-order valence-electron chi connectivity index (χ0n) is 10.7. The van der Waals surface area contributed by atoms with Crippen LogP contribution in [0.25, 0.3) is 0 Å². The Labute approximate surface area is 117 Å². The van der Waals surface area contributed by atoms with E-state index in [9.17, 15) is 0 Å². The number of nitrogens with zero attached hydrogens (tertiary/aromatic N) is 2. The summed E-state index contributed by atoms with van der Waals surface area (Å²) in [6.45, 7) is 1.05. The van der Waals surface area contributed by atoms with Crippen LogP contribution in [0.3, 0.4) is 0 Å². The molecule has 1 aromatic heterocycles. The molecule has 98 valence electrons. The maximum absolute atomic E-state index is 5.88. The fraction of sp³-hybridized carbons (Fsp3) is 0.400. The van der Waals surface area contributed by atoms with Crippen molar-refractivity contribution in [3.63, 3.8) is 0 Å². The lowest BCUT2D eigenvalue weighted by Crippen LogP contribution is -2.36. The van der Waals surface area contributed by atoms with Crippen LogP contribution in [0.4, 0.5) is 5.13 Å². The first-order chi connectivity index (χ1) is 9.31. The maximum Gasteiger partial charge on any atom is 0.180 e. The number of nitrogens with two attached hydrogens (primary N) is 1. The van der Waals surface area contributed by atoms with E-state index in [2.05, 4.69) is 40.2 Å². The number of hydrogen-bond acceptors (Lipinski definition) is 4. The van der Waals surface area contributed by atoms with Crippen LogP contribution < -0.4 is 5.73 Å². The lowest BCUT2D eigenvalue weighted by Gasteiger charge is -2.33. The van der Waals surface area contributed by atoms with Crippen molar-refractivity contribution in [1.82, 2.24) is 9.88 Å². The summed E-state index contributed by atoms with van der Waals surface area (Å²) < 4.78 is 0. The molecule has 1 saturated heterocycles. The summed E-state index contributed by atoms with van der Waals surface area (Å²) in [5.74, 6) is 0. The monoisotopic (exact) mass is 271 g/mol. The third-order valence-electron chi connectivity index (χ3n) is 4.33. The van der Waals surface area contributed by atoms with Crippen molar-refractivity contribution in [3.05, 3.63) is 46.5 Å². The van der Waals surface area contributed by atoms with Crippen LogP contribution in [0.5, 0.6) is 0 Å². The normalized spacial score (nSPS) is 25.5. The van der Waals surface area contributed by atoms with E-state index >= 15 is 0 Å². The molecular formula is C15H17N3S. The van der Waals surface area contributed by atoms with E-state index in [1.807, 2.05) is 0 Å². The average Bonchev–Trinajstić information content (AvgIpc) is 2.92. The second-order valence-corrected chi connectivity index (χ2v) is 6.53. The highest BCUT2D eigenvalue weighted by molar-refractivity contribution is 7.15. The molecule has 0 aliphatic carbocycles. The van der Waals surface area contributed by atoms with Crippen LogP contribution in [0.15, 0.2) is 30.3 Å². The zero-order valence-corrected chi connectivity index (χ0v) is 11.6. The van der Waals surface area contributed by atoms with Gasteiger partial charge in [-0.25, -0.2) is 4.98 Å². The van der Waals surface area contributed by atoms with Crippen LogP contribution in [0, 0.1) is 0 Å². The van der Waals surface area contributed by atoms with Crippen molar-refractivity contribution in [2.45, 2.75) is 37.9 Å². The molecule has 2 atom stereocenters. The van der Waals surface area contributed by atoms with E-state index in [-0.39, 0.29) is 0 Å².